The van der Waals surface area contributed by atoms with E-state index in [1.54, 1.807) is 6.20 Å². The Hall–Kier alpha value is -2.30. The third-order valence-electron chi connectivity index (χ3n) is 5.48. The number of hydrogen-bond donors (Lipinski definition) is 3. The van der Waals surface area contributed by atoms with Crippen molar-refractivity contribution in [3.63, 3.8) is 0 Å². The fourth-order valence-electron chi connectivity index (χ4n) is 3.97. The zero-order valence-corrected chi connectivity index (χ0v) is 18.0. The molecule has 0 atom stereocenters. The summed E-state index contributed by atoms with van der Waals surface area (Å²) in [7, 11) is 0. The largest absolute Gasteiger partial charge is 0.507 e. The van der Waals surface area contributed by atoms with E-state index >= 15 is 0 Å². The number of phenols is 1. The van der Waals surface area contributed by atoms with E-state index in [1.807, 2.05) is 24.3 Å². The summed E-state index contributed by atoms with van der Waals surface area (Å²) >= 11 is 6.14. The molecule has 4 nitrogen and oxygen atoms in total. The minimum absolute atomic E-state index is 0.0174. The fraction of sp³-hybridized carbons (Fsp3) is 0.375. The topological polar surface area (TPSA) is 57.2 Å². The van der Waals surface area contributed by atoms with Crippen molar-refractivity contribution in [3.05, 3.63) is 58.2 Å². The fourth-order valence-corrected chi connectivity index (χ4v) is 4.14. The first-order valence-corrected chi connectivity index (χ1v) is 10.6. The highest BCUT2D eigenvalue weighted by Crippen LogP contribution is 2.39. The summed E-state index contributed by atoms with van der Waals surface area (Å²) in [6, 6.07) is 9.86. The molecular weight excluding hydrogens is 388 g/mol. The van der Waals surface area contributed by atoms with Crippen LogP contribution in [0.3, 0.4) is 0 Å². The second kappa shape index (κ2) is 7.85. The summed E-state index contributed by atoms with van der Waals surface area (Å²) in [5.74, 6) is 0.452. The Morgan fingerprint density at radius 2 is 1.79 bits per heavy atom. The minimum atomic E-state index is -0.0174. The van der Waals surface area contributed by atoms with E-state index in [0.29, 0.717) is 17.3 Å². The molecule has 1 aliphatic rings. The van der Waals surface area contributed by atoms with Crippen LogP contribution in [-0.4, -0.2) is 15.6 Å². The molecule has 0 spiro atoms. The third-order valence-corrected chi connectivity index (χ3v) is 5.72. The maximum Gasteiger partial charge on any atom is 0.123 e. The van der Waals surface area contributed by atoms with Gasteiger partial charge >= 0.3 is 0 Å². The van der Waals surface area contributed by atoms with Crippen LogP contribution in [0.1, 0.15) is 50.3 Å². The van der Waals surface area contributed by atoms with Crippen molar-refractivity contribution in [3.8, 4) is 5.75 Å². The summed E-state index contributed by atoms with van der Waals surface area (Å²) in [5.41, 5.74) is 6.18. The Bertz CT molecular complexity index is 1060. The van der Waals surface area contributed by atoms with E-state index in [-0.39, 0.29) is 5.54 Å². The van der Waals surface area contributed by atoms with Gasteiger partial charge in [-0.1, -0.05) is 11.6 Å². The lowest BCUT2D eigenvalue weighted by molar-refractivity contribution is 0.409. The smallest absolute Gasteiger partial charge is 0.123 e. The van der Waals surface area contributed by atoms with Crippen LogP contribution in [0.5, 0.6) is 5.75 Å². The van der Waals surface area contributed by atoms with Gasteiger partial charge in [-0.25, -0.2) is 0 Å². The zero-order chi connectivity index (χ0) is 20.6. The van der Waals surface area contributed by atoms with E-state index in [0.717, 1.165) is 59.1 Å². The number of rotatable bonds is 4. The molecule has 0 amide bonds. The number of aromatic hydroxyl groups is 1. The summed E-state index contributed by atoms with van der Waals surface area (Å²) in [5, 5.41) is 19.8. The minimum Gasteiger partial charge on any atom is -0.507 e. The molecule has 29 heavy (non-hydrogen) atoms. The molecule has 0 saturated heterocycles. The molecule has 4 rings (SSSR count). The predicted molar refractivity (Wildman–Crippen MR) is 121 cm³/mol. The van der Waals surface area contributed by atoms with Gasteiger partial charge in [-0.3, -0.25) is 4.98 Å². The van der Waals surface area contributed by atoms with E-state index in [2.05, 4.69) is 42.5 Å². The molecule has 0 aliphatic heterocycles. The van der Waals surface area contributed by atoms with Gasteiger partial charge in [0.1, 0.15) is 5.75 Å². The first-order chi connectivity index (χ1) is 13.8. The molecule has 0 radical (unpaired) electrons. The predicted octanol–water partition coefficient (Wildman–Crippen LogP) is 6.10. The van der Waals surface area contributed by atoms with E-state index in [1.165, 1.54) is 5.56 Å². The molecule has 1 heterocycles. The van der Waals surface area contributed by atoms with Crippen molar-refractivity contribution in [1.82, 2.24) is 10.3 Å². The summed E-state index contributed by atoms with van der Waals surface area (Å²) in [4.78, 5) is 4.45. The zero-order valence-electron chi connectivity index (χ0n) is 17.3. The number of hydrogen-bond acceptors (Lipinski definition) is 4. The molecule has 1 aromatic heterocycles. The first kappa shape index (κ1) is 20.0. The van der Waals surface area contributed by atoms with Gasteiger partial charge in [0.05, 0.1) is 5.52 Å². The summed E-state index contributed by atoms with van der Waals surface area (Å²) < 4.78 is 0. The molecule has 3 aromatic rings. The lowest BCUT2D eigenvalue weighted by Gasteiger charge is -2.26. The van der Waals surface area contributed by atoms with Gasteiger partial charge in [0, 0.05) is 45.6 Å². The highest BCUT2D eigenvalue weighted by atomic mass is 35.5. The van der Waals surface area contributed by atoms with Crippen molar-refractivity contribution < 1.29 is 5.11 Å². The van der Waals surface area contributed by atoms with Crippen molar-refractivity contribution >= 4 is 33.9 Å². The Balaban J connectivity index is 1.77. The van der Waals surface area contributed by atoms with E-state index in [4.69, 9.17) is 11.6 Å². The van der Waals surface area contributed by atoms with Crippen LogP contribution >= 0.6 is 11.6 Å². The van der Waals surface area contributed by atoms with Gasteiger partial charge in [-0.2, -0.15) is 0 Å². The SMILES string of the molecule is CC(C)(C)NCc1cc(Nc2ccn[13c]3[13cH][13c](Cl)[13cH][13cH][13c]23)c2c(c1O)CCCC2. The average molecular weight is 416 g/mol. The Morgan fingerprint density at radius 3 is 2.55 bits per heavy atom. The van der Waals surface area contributed by atoms with Crippen LogP contribution in [0.25, 0.3) is 10.9 Å². The Labute approximate surface area is 177 Å². The molecule has 0 saturated carbocycles. The molecular formula is C24H28ClN3O. The maximum absolute atomic E-state index is 10.9. The number of aromatic nitrogens is 1. The van der Waals surface area contributed by atoms with Crippen LogP contribution in [0.2, 0.25) is 5.02 Å². The molecule has 0 unspecified atom stereocenters. The van der Waals surface area contributed by atoms with E-state index < -0.39 is 0 Å². The quantitative estimate of drug-likeness (QED) is 0.450. The maximum atomic E-state index is 10.9. The van der Waals surface area contributed by atoms with Gasteiger partial charge in [-0.15, -0.1) is 0 Å². The van der Waals surface area contributed by atoms with Gasteiger partial charge in [0.15, 0.2) is 0 Å². The van der Waals surface area contributed by atoms with Crippen LogP contribution in [0, 0.1) is 0 Å². The molecule has 1 aliphatic carbocycles. The second-order valence-corrected chi connectivity index (χ2v) is 9.28. The number of nitrogens with zero attached hydrogens (tertiary/aromatic N) is 1. The van der Waals surface area contributed by atoms with Crippen LogP contribution in [-0.2, 0) is 19.4 Å². The van der Waals surface area contributed by atoms with Crippen molar-refractivity contribution in [2.45, 2.75) is 58.5 Å². The number of fused-ring (bicyclic) bond motifs is 2. The highest BCUT2D eigenvalue weighted by molar-refractivity contribution is 6.31. The van der Waals surface area contributed by atoms with Gasteiger partial charge in [0.25, 0.3) is 0 Å². The van der Waals surface area contributed by atoms with Crippen LogP contribution in [0.4, 0.5) is 11.4 Å². The molecule has 3 N–H and O–H groups in total. The van der Waals surface area contributed by atoms with Crippen molar-refractivity contribution in [2.24, 2.45) is 0 Å². The Kier molecular flexibility index (Phi) is 5.41. The summed E-state index contributed by atoms with van der Waals surface area (Å²) in [6.45, 7) is 7.03. The van der Waals surface area contributed by atoms with Gasteiger partial charge < -0.3 is 15.7 Å². The lowest BCUT2D eigenvalue weighted by Crippen LogP contribution is -2.35. The second-order valence-electron chi connectivity index (χ2n) is 8.84. The van der Waals surface area contributed by atoms with Crippen molar-refractivity contribution in [2.75, 3.05) is 5.32 Å². The number of anilines is 2. The molecule has 5 heteroatoms. The molecule has 0 fully saturated rings. The molecule has 2 aromatic carbocycles. The van der Waals surface area contributed by atoms with Crippen LogP contribution < -0.4 is 10.6 Å². The molecule has 152 valence electrons. The summed E-state index contributed by atoms with van der Waals surface area (Å²) in [6.07, 6.45) is 5.97. The van der Waals surface area contributed by atoms with Gasteiger partial charge in [-0.05, 0) is 87.9 Å². The third kappa shape index (κ3) is 4.34. The number of halogens is 1. The number of pyridine rings is 1. The standard InChI is InChI=1S/C24H28ClN3O/c1-24(2,3)27-14-15-12-22(17-6-4-5-7-18(17)23(15)29)28-20-10-11-26-21-13-16(25)8-9-19(20)21/h8-13,27,29H,4-7,14H2,1-3H3,(H,26,28)/i8+1,9+1,13+1,16+1,19+1,21+1. The average Bonchev–Trinajstić information content (AvgIpc) is 2.68. The number of benzene rings is 2. The first-order valence-electron chi connectivity index (χ1n) is 10.2. The lowest BCUT2D eigenvalue weighted by atomic mass is 9.87. The van der Waals surface area contributed by atoms with Crippen LogP contribution in [0.15, 0.2) is 36.5 Å². The molecule has 0 bridgehead atoms. The van der Waals surface area contributed by atoms with Crippen molar-refractivity contribution in [1.29, 1.82) is 0 Å². The number of phenolic OH excluding ortho intramolecular Hbond substituents is 1. The van der Waals surface area contributed by atoms with Gasteiger partial charge in [0.2, 0.25) is 0 Å². The Morgan fingerprint density at radius 1 is 1.03 bits per heavy atom. The monoisotopic (exact) mass is 415 g/mol. The normalized spacial score (nSPS) is 14.1. The van der Waals surface area contributed by atoms with E-state index in [9.17, 15) is 5.11 Å². The number of nitrogens with one attached hydrogen (secondary N) is 2. The highest BCUT2D eigenvalue weighted by Gasteiger charge is 2.21.